The third-order valence-corrected chi connectivity index (χ3v) is 6.99. The highest BCUT2D eigenvalue weighted by Gasteiger charge is 2.26. The summed E-state index contributed by atoms with van der Waals surface area (Å²) in [6.45, 7) is 2.86. The lowest BCUT2D eigenvalue weighted by molar-refractivity contribution is 0.0172. The third kappa shape index (κ3) is 5.83. The van der Waals surface area contributed by atoms with Crippen molar-refractivity contribution in [3.05, 3.63) is 68.7 Å². The van der Waals surface area contributed by atoms with Crippen molar-refractivity contribution in [3.8, 4) is 0 Å². The van der Waals surface area contributed by atoms with Gasteiger partial charge in [0.2, 0.25) is 10.0 Å². The number of nitrogens with zero attached hydrogens (tertiary/aromatic N) is 1. The van der Waals surface area contributed by atoms with Gasteiger partial charge >= 0.3 is 0 Å². The Bertz CT molecular complexity index is 918. The minimum atomic E-state index is -3.57. The van der Waals surface area contributed by atoms with Crippen LogP contribution in [0.2, 0.25) is 15.1 Å². The third-order valence-electron chi connectivity index (χ3n) is 4.59. The second-order valence-corrected chi connectivity index (χ2v) is 9.57. The van der Waals surface area contributed by atoms with Gasteiger partial charge in [-0.05, 0) is 29.3 Å². The number of rotatable bonds is 7. The van der Waals surface area contributed by atoms with Gasteiger partial charge in [0.15, 0.2) is 0 Å². The number of morpholine rings is 1. The van der Waals surface area contributed by atoms with Crippen LogP contribution in [0, 0.1) is 0 Å². The molecule has 2 aromatic carbocycles. The van der Waals surface area contributed by atoms with Gasteiger partial charge in [0.25, 0.3) is 0 Å². The minimum absolute atomic E-state index is 0.178. The maximum Gasteiger partial charge on any atom is 0.215 e. The molecule has 0 aliphatic carbocycles. The van der Waals surface area contributed by atoms with Crippen LogP contribution in [0.25, 0.3) is 0 Å². The standard InChI is InChI=1S/C19H21Cl3N2O3S/c20-16-4-2-1-3-15(16)19(24-7-9-27-10-8-24)12-23-28(25,26)13-14-5-6-17(21)18(22)11-14/h1-6,11,19,23H,7-10,12-13H2. The fraction of sp³-hybridized carbons (Fsp3) is 0.368. The molecule has 1 N–H and O–H groups in total. The average Bonchev–Trinajstić information content (AvgIpc) is 2.67. The molecule has 0 spiro atoms. The average molecular weight is 464 g/mol. The molecule has 9 heteroatoms. The van der Waals surface area contributed by atoms with Crippen LogP contribution in [0.15, 0.2) is 42.5 Å². The molecule has 152 valence electrons. The fourth-order valence-electron chi connectivity index (χ4n) is 3.18. The Morgan fingerprint density at radius 3 is 2.39 bits per heavy atom. The Morgan fingerprint density at radius 1 is 1.00 bits per heavy atom. The summed E-state index contributed by atoms with van der Waals surface area (Å²) < 4.78 is 33.4. The molecule has 1 aliphatic rings. The zero-order chi connectivity index (χ0) is 20.1. The second-order valence-electron chi connectivity index (χ2n) is 6.54. The number of hydrogen-bond acceptors (Lipinski definition) is 4. The van der Waals surface area contributed by atoms with Crippen molar-refractivity contribution in [2.75, 3.05) is 32.8 Å². The summed E-state index contributed by atoms with van der Waals surface area (Å²) in [5, 5.41) is 1.33. The first kappa shape index (κ1) is 21.8. The topological polar surface area (TPSA) is 58.6 Å². The lowest BCUT2D eigenvalue weighted by atomic mass is 10.0. The Kier molecular flexibility index (Phi) is 7.61. The summed E-state index contributed by atoms with van der Waals surface area (Å²) in [6.07, 6.45) is 0. The van der Waals surface area contributed by atoms with Gasteiger partial charge in [0, 0.05) is 30.7 Å². The highest BCUT2D eigenvalue weighted by Crippen LogP contribution is 2.28. The second kappa shape index (κ2) is 9.76. The van der Waals surface area contributed by atoms with Gasteiger partial charge in [-0.25, -0.2) is 13.1 Å². The molecule has 0 amide bonds. The zero-order valence-electron chi connectivity index (χ0n) is 15.1. The molecule has 0 bridgehead atoms. The molecular formula is C19H21Cl3N2O3S. The molecule has 2 aromatic rings. The van der Waals surface area contributed by atoms with E-state index in [-0.39, 0.29) is 18.3 Å². The van der Waals surface area contributed by atoms with E-state index in [0.29, 0.717) is 46.9 Å². The van der Waals surface area contributed by atoms with Crippen molar-refractivity contribution in [1.82, 2.24) is 9.62 Å². The maximum atomic E-state index is 12.6. The normalized spacial score (nSPS) is 16.8. The Hall–Kier alpha value is -0.860. The van der Waals surface area contributed by atoms with Gasteiger partial charge in [-0.1, -0.05) is 59.1 Å². The van der Waals surface area contributed by atoms with Crippen LogP contribution in [0.4, 0.5) is 0 Å². The quantitative estimate of drug-likeness (QED) is 0.670. The minimum Gasteiger partial charge on any atom is -0.379 e. The largest absolute Gasteiger partial charge is 0.379 e. The van der Waals surface area contributed by atoms with Crippen molar-refractivity contribution in [2.45, 2.75) is 11.8 Å². The van der Waals surface area contributed by atoms with Gasteiger partial charge in [-0.15, -0.1) is 0 Å². The van der Waals surface area contributed by atoms with Crippen LogP contribution < -0.4 is 4.72 Å². The first-order valence-corrected chi connectivity index (χ1v) is 11.6. The van der Waals surface area contributed by atoms with E-state index in [0.717, 1.165) is 5.56 Å². The van der Waals surface area contributed by atoms with Crippen LogP contribution in [-0.2, 0) is 20.5 Å². The van der Waals surface area contributed by atoms with Crippen molar-refractivity contribution >= 4 is 44.8 Å². The SMILES string of the molecule is O=S(=O)(Cc1ccc(Cl)c(Cl)c1)NCC(c1ccccc1Cl)N1CCOCC1. The number of halogens is 3. The van der Waals surface area contributed by atoms with Gasteiger partial charge in [0.05, 0.1) is 29.0 Å². The summed E-state index contributed by atoms with van der Waals surface area (Å²) in [5.41, 5.74) is 1.46. The van der Waals surface area contributed by atoms with Crippen LogP contribution in [0.1, 0.15) is 17.2 Å². The molecule has 0 radical (unpaired) electrons. The van der Waals surface area contributed by atoms with Gasteiger partial charge in [-0.2, -0.15) is 0 Å². The predicted molar refractivity (Wildman–Crippen MR) is 114 cm³/mol. The fourth-order valence-corrected chi connectivity index (χ4v) is 4.89. The molecular weight excluding hydrogens is 443 g/mol. The summed E-state index contributed by atoms with van der Waals surface area (Å²) in [6, 6.07) is 12.1. The molecule has 1 unspecified atom stereocenters. The molecule has 1 saturated heterocycles. The Labute approximate surface area is 180 Å². The van der Waals surface area contributed by atoms with Crippen LogP contribution in [0.5, 0.6) is 0 Å². The van der Waals surface area contributed by atoms with E-state index in [1.54, 1.807) is 18.2 Å². The summed E-state index contributed by atoms with van der Waals surface area (Å²) >= 11 is 18.3. The first-order chi connectivity index (χ1) is 13.4. The lowest BCUT2D eigenvalue weighted by Crippen LogP contribution is -2.44. The maximum absolute atomic E-state index is 12.6. The van der Waals surface area contributed by atoms with E-state index in [4.69, 9.17) is 39.5 Å². The molecule has 5 nitrogen and oxygen atoms in total. The smallest absolute Gasteiger partial charge is 0.215 e. The Morgan fingerprint density at radius 2 is 1.71 bits per heavy atom. The number of sulfonamides is 1. The highest BCUT2D eigenvalue weighted by molar-refractivity contribution is 7.88. The summed E-state index contributed by atoms with van der Waals surface area (Å²) in [7, 11) is -3.57. The van der Waals surface area contributed by atoms with Gasteiger partial charge in [-0.3, -0.25) is 4.90 Å². The van der Waals surface area contributed by atoms with E-state index in [9.17, 15) is 8.42 Å². The molecule has 1 atom stereocenters. The van der Waals surface area contributed by atoms with E-state index in [1.807, 2.05) is 24.3 Å². The lowest BCUT2D eigenvalue weighted by Gasteiger charge is -2.35. The van der Waals surface area contributed by atoms with Crippen molar-refractivity contribution in [3.63, 3.8) is 0 Å². The van der Waals surface area contributed by atoms with Gasteiger partial charge in [0.1, 0.15) is 0 Å². The van der Waals surface area contributed by atoms with Gasteiger partial charge < -0.3 is 4.74 Å². The molecule has 1 aliphatic heterocycles. The van der Waals surface area contributed by atoms with Crippen molar-refractivity contribution < 1.29 is 13.2 Å². The molecule has 0 saturated carbocycles. The monoisotopic (exact) mass is 462 g/mol. The van der Waals surface area contributed by atoms with E-state index in [1.165, 1.54) is 0 Å². The number of ether oxygens (including phenoxy) is 1. The molecule has 1 fully saturated rings. The molecule has 1 heterocycles. The molecule has 28 heavy (non-hydrogen) atoms. The summed E-state index contributed by atoms with van der Waals surface area (Å²) in [5.74, 6) is -0.178. The number of benzene rings is 2. The van der Waals surface area contributed by atoms with Crippen molar-refractivity contribution in [1.29, 1.82) is 0 Å². The molecule has 3 rings (SSSR count). The highest BCUT2D eigenvalue weighted by atomic mass is 35.5. The number of hydrogen-bond donors (Lipinski definition) is 1. The van der Waals surface area contributed by atoms with Crippen LogP contribution in [0.3, 0.4) is 0 Å². The predicted octanol–water partition coefficient (Wildman–Crippen LogP) is 4.14. The zero-order valence-corrected chi connectivity index (χ0v) is 18.2. The van der Waals surface area contributed by atoms with E-state index >= 15 is 0 Å². The number of nitrogens with one attached hydrogen (secondary N) is 1. The van der Waals surface area contributed by atoms with E-state index < -0.39 is 10.0 Å². The van der Waals surface area contributed by atoms with E-state index in [2.05, 4.69) is 9.62 Å². The Balaban J connectivity index is 1.74. The summed E-state index contributed by atoms with van der Waals surface area (Å²) in [4.78, 5) is 2.19. The van der Waals surface area contributed by atoms with Crippen LogP contribution in [-0.4, -0.2) is 46.2 Å². The first-order valence-electron chi connectivity index (χ1n) is 8.83. The molecule has 0 aromatic heterocycles. The van der Waals surface area contributed by atoms with Crippen molar-refractivity contribution in [2.24, 2.45) is 0 Å². The van der Waals surface area contributed by atoms with Crippen LogP contribution >= 0.6 is 34.8 Å².